The number of amides is 5. The Labute approximate surface area is 379 Å². The Morgan fingerprint density at radius 1 is 0.797 bits per heavy atom. The number of aliphatic hydroxyl groups excluding tert-OH is 2. The molecule has 7 N–H and O–H groups in total. The first-order chi connectivity index (χ1) is 29.1. The van der Waals surface area contributed by atoms with E-state index in [1.54, 1.807) is 90.0 Å². The Kier molecular flexibility index (Phi) is 17.8. The number of carbonyl (C=O) groups excluding carboxylic acids is 5. The van der Waals surface area contributed by atoms with Crippen LogP contribution in [0, 0.1) is 17.8 Å². The van der Waals surface area contributed by atoms with Gasteiger partial charge in [0.05, 0.1) is 42.6 Å². The molecule has 1 saturated heterocycles. The SMILES string of the molecule is CCC1=CCC(NC(=O)OC(C)(C)C)C(C2C(NC(=O)OC(C)(C)C)CC(NC(=O)C(C)CNC(=O)OC(C)(C)C)C(CC3OCC(C)(O)C(N(C)C(=O)OC(C)(C)C)C3O)C2O)O1. The maximum atomic E-state index is 14.0. The van der Waals surface area contributed by atoms with Crippen molar-refractivity contribution in [2.24, 2.45) is 17.8 Å². The minimum atomic E-state index is -1.73. The molecule has 3 rings (SSSR count). The van der Waals surface area contributed by atoms with Gasteiger partial charge in [-0.3, -0.25) is 4.79 Å². The topological polar surface area (TPSA) is 253 Å². The Morgan fingerprint density at radius 2 is 1.31 bits per heavy atom. The van der Waals surface area contributed by atoms with Crippen molar-refractivity contribution in [1.82, 2.24) is 26.2 Å². The highest BCUT2D eigenvalue weighted by Gasteiger charge is 2.56. The van der Waals surface area contributed by atoms with Crippen molar-refractivity contribution in [2.45, 2.75) is 206 Å². The van der Waals surface area contributed by atoms with Crippen LogP contribution < -0.4 is 21.3 Å². The molecule has 0 bridgehead atoms. The Morgan fingerprint density at radius 3 is 1.83 bits per heavy atom. The van der Waals surface area contributed by atoms with Crippen LogP contribution in [0.5, 0.6) is 0 Å². The molecule has 19 nitrogen and oxygen atoms in total. The number of nitrogens with zero attached hydrogens (tertiary/aromatic N) is 1. The number of likely N-dealkylation sites (N-methyl/N-ethyl adjacent to an activating group) is 1. The first-order valence-electron chi connectivity index (χ1n) is 22.4. The van der Waals surface area contributed by atoms with Gasteiger partial charge in [-0.25, -0.2) is 19.2 Å². The summed E-state index contributed by atoms with van der Waals surface area (Å²) >= 11 is 0. The number of hydrogen-bond donors (Lipinski definition) is 7. The summed E-state index contributed by atoms with van der Waals surface area (Å²) in [6.07, 6.45) is -5.60. The second kappa shape index (κ2) is 21.0. The molecule has 3 aliphatic rings. The molecule has 2 heterocycles. The van der Waals surface area contributed by atoms with Gasteiger partial charge in [-0.15, -0.1) is 0 Å². The number of carbonyl (C=O) groups is 5. The third-order valence-electron chi connectivity index (χ3n) is 11.0. The minimum absolute atomic E-state index is 0.00441. The maximum Gasteiger partial charge on any atom is 0.410 e. The van der Waals surface area contributed by atoms with E-state index in [4.69, 9.17) is 28.4 Å². The minimum Gasteiger partial charge on any atom is -0.492 e. The number of allylic oxidation sites excluding steroid dienone is 1. The lowest BCUT2D eigenvalue weighted by atomic mass is 9.66. The van der Waals surface area contributed by atoms with Gasteiger partial charge < -0.3 is 69.9 Å². The van der Waals surface area contributed by atoms with Gasteiger partial charge in [0.15, 0.2) is 0 Å². The van der Waals surface area contributed by atoms with Gasteiger partial charge >= 0.3 is 24.4 Å². The van der Waals surface area contributed by atoms with E-state index in [1.807, 2.05) is 13.0 Å². The maximum absolute atomic E-state index is 14.0. The van der Waals surface area contributed by atoms with Crippen LogP contribution in [0.4, 0.5) is 19.2 Å². The lowest BCUT2D eigenvalue weighted by Gasteiger charge is -2.52. The van der Waals surface area contributed by atoms with Gasteiger partial charge in [-0.2, -0.15) is 0 Å². The fourth-order valence-corrected chi connectivity index (χ4v) is 8.31. The summed E-state index contributed by atoms with van der Waals surface area (Å²) in [6, 6.07) is -3.87. The van der Waals surface area contributed by atoms with Crippen LogP contribution in [-0.4, -0.2) is 147 Å². The summed E-state index contributed by atoms with van der Waals surface area (Å²) in [5.41, 5.74) is -5.13. The third kappa shape index (κ3) is 16.1. The van der Waals surface area contributed by atoms with Crippen LogP contribution in [-0.2, 0) is 33.2 Å². The lowest BCUT2D eigenvalue weighted by molar-refractivity contribution is -0.211. The number of rotatable bonds is 11. The molecule has 5 amide bonds. The molecule has 64 heavy (non-hydrogen) atoms. The van der Waals surface area contributed by atoms with Gasteiger partial charge in [-0.05, 0) is 115 Å². The number of alkyl carbamates (subject to hydrolysis) is 3. The summed E-state index contributed by atoms with van der Waals surface area (Å²) in [7, 11) is 1.41. The van der Waals surface area contributed by atoms with Crippen molar-refractivity contribution >= 4 is 30.3 Å². The molecular formula is C45H79N5O14. The van der Waals surface area contributed by atoms with E-state index >= 15 is 0 Å². The van der Waals surface area contributed by atoms with E-state index in [2.05, 4.69) is 21.3 Å². The Hall–Kier alpha value is -4.07. The van der Waals surface area contributed by atoms with E-state index in [1.165, 1.54) is 14.0 Å². The van der Waals surface area contributed by atoms with Gasteiger partial charge in [-0.1, -0.05) is 13.8 Å². The second-order valence-electron chi connectivity index (χ2n) is 21.7. The third-order valence-corrected chi connectivity index (χ3v) is 11.0. The lowest BCUT2D eigenvalue weighted by Crippen LogP contribution is -2.69. The number of ether oxygens (including phenoxy) is 6. The molecule has 0 aromatic rings. The van der Waals surface area contributed by atoms with Gasteiger partial charge in [0, 0.05) is 43.9 Å². The van der Waals surface area contributed by atoms with Crippen LogP contribution >= 0.6 is 0 Å². The van der Waals surface area contributed by atoms with E-state index < -0.39 is 125 Å². The molecule has 2 fully saturated rings. The molecule has 0 aromatic heterocycles. The van der Waals surface area contributed by atoms with Crippen LogP contribution in [0.3, 0.4) is 0 Å². The molecule has 0 aromatic carbocycles. The Bertz CT molecular complexity index is 1660. The summed E-state index contributed by atoms with van der Waals surface area (Å²) in [6.45, 7) is 25.0. The van der Waals surface area contributed by atoms with Crippen LogP contribution in [0.2, 0.25) is 0 Å². The summed E-state index contributed by atoms with van der Waals surface area (Å²) in [4.78, 5) is 67.9. The van der Waals surface area contributed by atoms with Crippen LogP contribution in [0.15, 0.2) is 11.8 Å². The summed E-state index contributed by atoms with van der Waals surface area (Å²) in [5, 5.41) is 47.9. The quantitative estimate of drug-likeness (QED) is 0.140. The van der Waals surface area contributed by atoms with E-state index in [9.17, 15) is 39.3 Å². The van der Waals surface area contributed by atoms with E-state index in [0.29, 0.717) is 18.6 Å². The highest BCUT2D eigenvalue weighted by atomic mass is 16.6. The van der Waals surface area contributed by atoms with Gasteiger partial charge in [0.25, 0.3) is 0 Å². The average Bonchev–Trinajstić information content (AvgIpc) is 3.10. The van der Waals surface area contributed by atoms with Crippen molar-refractivity contribution in [2.75, 3.05) is 20.2 Å². The fraction of sp³-hybridized carbons (Fsp3) is 0.844. The Balaban J connectivity index is 2.14. The smallest absolute Gasteiger partial charge is 0.410 e. The fourth-order valence-electron chi connectivity index (χ4n) is 8.31. The molecular weight excluding hydrogens is 835 g/mol. The number of aliphatic hydroxyl groups is 3. The van der Waals surface area contributed by atoms with Crippen molar-refractivity contribution in [3.05, 3.63) is 11.8 Å². The van der Waals surface area contributed by atoms with Gasteiger partial charge in [0.2, 0.25) is 5.91 Å². The second-order valence-corrected chi connectivity index (χ2v) is 21.7. The highest BCUT2D eigenvalue weighted by molar-refractivity contribution is 5.79. The number of nitrogens with one attached hydrogen (secondary N) is 4. The molecule has 12 atom stereocenters. The first-order valence-corrected chi connectivity index (χ1v) is 22.4. The number of hydrogen-bond acceptors (Lipinski definition) is 14. The summed E-state index contributed by atoms with van der Waals surface area (Å²) in [5.74, 6) is -2.65. The van der Waals surface area contributed by atoms with E-state index in [-0.39, 0.29) is 26.0 Å². The molecule has 1 saturated carbocycles. The largest absolute Gasteiger partial charge is 0.492 e. The zero-order chi connectivity index (χ0) is 48.9. The van der Waals surface area contributed by atoms with E-state index in [0.717, 1.165) is 4.90 Å². The van der Waals surface area contributed by atoms with Crippen molar-refractivity contribution in [3.8, 4) is 0 Å². The molecule has 0 radical (unpaired) electrons. The molecule has 12 unspecified atom stereocenters. The van der Waals surface area contributed by atoms with Gasteiger partial charge in [0.1, 0.15) is 40.2 Å². The van der Waals surface area contributed by atoms with Crippen molar-refractivity contribution in [1.29, 1.82) is 0 Å². The molecule has 1 aliphatic carbocycles. The van der Waals surface area contributed by atoms with Crippen LogP contribution in [0.25, 0.3) is 0 Å². The zero-order valence-electron chi connectivity index (χ0n) is 41.0. The summed E-state index contributed by atoms with van der Waals surface area (Å²) < 4.78 is 34.9. The van der Waals surface area contributed by atoms with Crippen LogP contribution in [0.1, 0.15) is 130 Å². The molecule has 368 valence electrons. The normalized spacial score (nSPS) is 30.6. The average molecular weight is 914 g/mol. The predicted octanol–water partition coefficient (Wildman–Crippen LogP) is 4.63. The monoisotopic (exact) mass is 914 g/mol. The van der Waals surface area contributed by atoms with Crippen molar-refractivity contribution in [3.63, 3.8) is 0 Å². The molecule has 2 aliphatic heterocycles. The highest BCUT2D eigenvalue weighted by Crippen LogP contribution is 2.42. The first kappa shape index (κ1) is 54.3. The standard InChI is InChI=1S/C45H79N5O14/c1-17-25-18-19-27(48-38(55)62-42(6,7)8)34(60-25)31-29(49-39(56)63-43(9,10)11)21-28(47-36(53)24(2)22-46-37(54)61-41(3,4)5)26(32(31)51)20-30-33(52)35(45(15,58)23-59-30)50(16)40(57)64-44(12,13)14/h18,24,26-35,51-52,58H,17,19-23H2,1-16H3,(H,46,54)(H,47,53)(H,48,55)(H,49,56). The molecule has 0 spiro atoms. The zero-order valence-corrected chi connectivity index (χ0v) is 41.0. The predicted molar refractivity (Wildman–Crippen MR) is 236 cm³/mol. The molecule has 19 heteroatoms. The van der Waals surface area contributed by atoms with Crippen molar-refractivity contribution < 1.29 is 67.7 Å².